The fourth-order valence-electron chi connectivity index (χ4n) is 2.30. The van der Waals surface area contributed by atoms with Crippen molar-refractivity contribution in [3.05, 3.63) is 94.5 Å². The molecule has 28 heavy (non-hydrogen) atoms. The van der Waals surface area contributed by atoms with Crippen LogP contribution in [0.25, 0.3) is 0 Å². The lowest BCUT2D eigenvalue weighted by Gasteiger charge is -1.98. The first-order valence-electron chi connectivity index (χ1n) is 9.23. The van der Waals surface area contributed by atoms with Gasteiger partial charge >= 0.3 is 0 Å². The Morgan fingerprint density at radius 2 is 1.11 bits per heavy atom. The van der Waals surface area contributed by atoms with Crippen molar-refractivity contribution in [1.82, 2.24) is 0 Å². The Morgan fingerprint density at radius 3 is 1.43 bits per heavy atom. The smallest absolute Gasteiger partial charge is 0.0176 e. The monoisotopic (exact) mass is 408 g/mol. The molecule has 148 valence electrons. The van der Waals surface area contributed by atoms with E-state index in [4.69, 9.17) is 0 Å². The summed E-state index contributed by atoms with van der Waals surface area (Å²) in [7, 11) is 0. The fourth-order valence-corrected chi connectivity index (χ4v) is 2.72. The largest absolute Gasteiger partial charge is 0.142 e. The van der Waals surface area contributed by atoms with Crippen molar-refractivity contribution in [2.24, 2.45) is 0 Å². The predicted molar refractivity (Wildman–Crippen MR) is 132 cm³/mol. The molecule has 0 aliphatic rings. The molecule has 0 amide bonds. The molecule has 0 nitrogen and oxygen atoms in total. The van der Waals surface area contributed by atoms with E-state index in [1.165, 1.54) is 27.8 Å². The molecule has 3 aromatic carbocycles. The lowest BCUT2D eigenvalue weighted by molar-refractivity contribution is 1.11. The number of hydrogen-bond acceptors (Lipinski definition) is 2. The zero-order chi connectivity index (χ0) is 21.5. The van der Waals surface area contributed by atoms with E-state index in [0.29, 0.717) is 0 Å². The average Bonchev–Trinajstić information content (AvgIpc) is 2.70. The molecular formula is C26H32S2. The maximum absolute atomic E-state index is 4.19. The SMILES string of the molecule is C#C.CCc1ccccc1C.Cc1ccc(S)c(S)c1.Cc1ccccc1C. The number of thiol groups is 2. The number of hydrogen-bond donors (Lipinski definition) is 2. The molecule has 3 aromatic rings. The fraction of sp³-hybridized carbons (Fsp3) is 0.231. The van der Waals surface area contributed by atoms with Crippen molar-refractivity contribution in [1.29, 1.82) is 0 Å². The van der Waals surface area contributed by atoms with Gasteiger partial charge in [-0.15, -0.1) is 38.1 Å². The molecule has 2 heteroatoms. The summed E-state index contributed by atoms with van der Waals surface area (Å²) in [5.41, 5.74) is 6.82. The van der Waals surface area contributed by atoms with Gasteiger partial charge in [0.15, 0.2) is 0 Å². The highest BCUT2D eigenvalue weighted by Crippen LogP contribution is 2.18. The van der Waals surface area contributed by atoms with Crippen LogP contribution >= 0.6 is 25.3 Å². The van der Waals surface area contributed by atoms with Crippen LogP contribution in [0.15, 0.2) is 76.5 Å². The van der Waals surface area contributed by atoms with Crippen LogP contribution in [0.5, 0.6) is 0 Å². The van der Waals surface area contributed by atoms with Crippen molar-refractivity contribution in [3.8, 4) is 12.8 Å². The van der Waals surface area contributed by atoms with Gasteiger partial charge in [0.2, 0.25) is 0 Å². The molecule has 0 atom stereocenters. The van der Waals surface area contributed by atoms with Crippen molar-refractivity contribution in [3.63, 3.8) is 0 Å². The quantitative estimate of drug-likeness (QED) is 0.299. The molecule has 0 aliphatic heterocycles. The van der Waals surface area contributed by atoms with Crippen molar-refractivity contribution in [2.45, 2.75) is 50.8 Å². The summed E-state index contributed by atoms with van der Waals surface area (Å²) in [6.45, 7) is 10.6. The first-order valence-corrected chi connectivity index (χ1v) is 10.1. The Labute approximate surface area is 183 Å². The minimum absolute atomic E-state index is 0.934. The molecule has 0 unspecified atom stereocenters. The molecule has 0 fully saturated rings. The number of benzene rings is 3. The average molecular weight is 409 g/mol. The van der Waals surface area contributed by atoms with E-state index in [9.17, 15) is 0 Å². The highest BCUT2D eigenvalue weighted by Gasteiger charge is 1.91. The second-order valence-corrected chi connectivity index (χ2v) is 7.32. The second kappa shape index (κ2) is 14.9. The minimum Gasteiger partial charge on any atom is -0.142 e. The Hall–Kier alpha value is -2.08. The van der Waals surface area contributed by atoms with Gasteiger partial charge in [-0.3, -0.25) is 0 Å². The number of rotatable bonds is 1. The van der Waals surface area contributed by atoms with E-state index in [0.717, 1.165) is 16.2 Å². The maximum Gasteiger partial charge on any atom is 0.0176 e. The lowest BCUT2D eigenvalue weighted by Crippen LogP contribution is -1.82. The van der Waals surface area contributed by atoms with Gasteiger partial charge < -0.3 is 0 Å². The molecule has 0 aliphatic carbocycles. The summed E-state index contributed by atoms with van der Waals surface area (Å²) in [6.07, 6.45) is 9.15. The van der Waals surface area contributed by atoms with Gasteiger partial charge in [0.05, 0.1) is 0 Å². The minimum atomic E-state index is 0.934. The van der Waals surface area contributed by atoms with Crippen molar-refractivity contribution >= 4 is 25.3 Å². The van der Waals surface area contributed by atoms with Gasteiger partial charge in [-0.05, 0) is 74.1 Å². The van der Waals surface area contributed by atoms with Gasteiger partial charge in [-0.25, -0.2) is 0 Å². The molecule has 0 bridgehead atoms. The van der Waals surface area contributed by atoms with Gasteiger partial charge in [0, 0.05) is 9.79 Å². The molecule has 0 spiro atoms. The Morgan fingerprint density at radius 1 is 0.643 bits per heavy atom. The van der Waals surface area contributed by atoms with E-state index in [2.05, 4.69) is 114 Å². The summed E-state index contributed by atoms with van der Waals surface area (Å²) < 4.78 is 0. The van der Waals surface area contributed by atoms with E-state index < -0.39 is 0 Å². The van der Waals surface area contributed by atoms with Gasteiger partial charge in [-0.2, -0.15) is 0 Å². The van der Waals surface area contributed by atoms with Crippen LogP contribution in [-0.4, -0.2) is 0 Å². The first-order chi connectivity index (χ1) is 13.3. The summed E-state index contributed by atoms with van der Waals surface area (Å²) in [5.74, 6) is 0. The normalized spacial score (nSPS) is 8.89. The highest BCUT2D eigenvalue weighted by atomic mass is 32.1. The van der Waals surface area contributed by atoms with Crippen LogP contribution < -0.4 is 0 Å². The van der Waals surface area contributed by atoms with Gasteiger partial charge in [0.25, 0.3) is 0 Å². The molecule has 0 saturated carbocycles. The highest BCUT2D eigenvalue weighted by molar-refractivity contribution is 7.83. The summed E-state index contributed by atoms with van der Waals surface area (Å²) in [5, 5.41) is 0. The van der Waals surface area contributed by atoms with Crippen LogP contribution in [0, 0.1) is 40.5 Å². The second-order valence-electron chi connectivity index (χ2n) is 6.36. The maximum atomic E-state index is 4.19. The van der Waals surface area contributed by atoms with E-state index in [1.807, 2.05) is 25.1 Å². The summed E-state index contributed by atoms with van der Waals surface area (Å²) >= 11 is 8.36. The van der Waals surface area contributed by atoms with E-state index in [-0.39, 0.29) is 0 Å². The zero-order valence-electron chi connectivity index (χ0n) is 17.6. The standard InChI is InChI=1S/C9H12.C8H10.C7H8S2.C2H2/c1-3-9-7-5-4-6-8(9)2;1-7-5-3-4-6-8(7)2;1-5-2-3-6(8)7(9)4-5;1-2/h4-7H,3H2,1-2H3;3-6H,1-2H3;2-4,8-9H,1H3;1-2H. The molecule has 0 aromatic heterocycles. The molecule has 0 saturated heterocycles. The summed E-state index contributed by atoms with van der Waals surface area (Å²) in [4.78, 5) is 1.88. The topological polar surface area (TPSA) is 0 Å². The zero-order valence-corrected chi connectivity index (χ0v) is 19.4. The van der Waals surface area contributed by atoms with Crippen molar-refractivity contribution in [2.75, 3.05) is 0 Å². The molecule has 0 N–H and O–H groups in total. The number of aryl methyl sites for hydroxylation is 5. The third-order valence-corrected chi connectivity index (χ3v) is 5.14. The van der Waals surface area contributed by atoms with Crippen LogP contribution in [-0.2, 0) is 6.42 Å². The van der Waals surface area contributed by atoms with Crippen LogP contribution in [0.2, 0.25) is 0 Å². The van der Waals surface area contributed by atoms with Crippen LogP contribution in [0.1, 0.15) is 34.7 Å². The summed E-state index contributed by atoms with van der Waals surface area (Å²) in [6, 6.07) is 22.8. The molecule has 0 radical (unpaired) electrons. The van der Waals surface area contributed by atoms with E-state index in [1.54, 1.807) is 0 Å². The third-order valence-electron chi connectivity index (χ3n) is 4.20. The first kappa shape index (κ1) is 25.9. The molecule has 0 heterocycles. The lowest BCUT2D eigenvalue weighted by atomic mass is 10.1. The van der Waals surface area contributed by atoms with Gasteiger partial charge in [-0.1, -0.05) is 61.5 Å². The predicted octanol–water partition coefficient (Wildman–Crippen LogP) is 7.68. The molecule has 3 rings (SSSR count). The number of terminal acetylenes is 1. The molecular weight excluding hydrogens is 376 g/mol. The van der Waals surface area contributed by atoms with Crippen LogP contribution in [0.4, 0.5) is 0 Å². The Bertz CT molecular complexity index is 827. The third kappa shape index (κ3) is 10.3. The Balaban J connectivity index is 0.000000374. The van der Waals surface area contributed by atoms with Crippen molar-refractivity contribution < 1.29 is 0 Å². The van der Waals surface area contributed by atoms with Crippen LogP contribution in [0.3, 0.4) is 0 Å². The Kier molecular flexibility index (Phi) is 13.8. The van der Waals surface area contributed by atoms with Gasteiger partial charge in [0.1, 0.15) is 0 Å². The van der Waals surface area contributed by atoms with E-state index >= 15 is 0 Å².